The summed E-state index contributed by atoms with van der Waals surface area (Å²) in [6.45, 7) is 0.801. The van der Waals surface area contributed by atoms with Crippen molar-refractivity contribution in [2.24, 2.45) is 5.41 Å². The molecule has 0 aromatic carbocycles. The summed E-state index contributed by atoms with van der Waals surface area (Å²) >= 11 is 0. The van der Waals surface area contributed by atoms with Crippen LogP contribution in [0.1, 0.15) is 19.3 Å². The van der Waals surface area contributed by atoms with E-state index in [2.05, 4.69) is 15.3 Å². The van der Waals surface area contributed by atoms with Crippen LogP contribution in [0.2, 0.25) is 0 Å². The standard InChI is InChI=1S/C10H15N5O3/c11-8-7(15(17)18)5-12-9(14-8)13-6-10(1-2-10)3-4-16/h5,16H,1-4,6H2,(H3,11,12,13,14). The highest BCUT2D eigenvalue weighted by Gasteiger charge is 2.41. The third kappa shape index (κ3) is 2.65. The summed E-state index contributed by atoms with van der Waals surface area (Å²) in [4.78, 5) is 17.6. The van der Waals surface area contributed by atoms with Gasteiger partial charge < -0.3 is 16.2 Å². The molecular formula is C10H15N5O3. The van der Waals surface area contributed by atoms with Gasteiger partial charge in [-0.3, -0.25) is 10.1 Å². The maximum atomic E-state index is 10.5. The summed E-state index contributed by atoms with van der Waals surface area (Å²) in [7, 11) is 0. The molecular weight excluding hydrogens is 238 g/mol. The normalized spacial score (nSPS) is 16.3. The summed E-state index contributed by atoms with van der Waals surface area (Å²) in [5, 5.41) is 22.5. The molecule has 8 nitrogen and oxygen atoms in total. The zero-order valence-electron chi connectivity index (χ0n) is 9.80. The van der Waals surface area contributed by atoms with Gasteiger partial charge in [0.05, 0.1) is 4.92 Å². The van der Waals surface area contributed by atoms with Crippen molar-refractivity contribution in [3.8, 4) is 0 Å². The SMILES string of the molecule is Nc1nc(NCC2(CCO)CC2)ncc1[N+](=O)[O-]. The lowest BCUT2D eigenvalue weighted by atomic mass is 10.0. The number of nitrogens with zero attached hydrogens (tertiary/aromatic N) is 3. The molecule has 0 bridgehead atoms. The van der Waals surface area contributed by atoms with Crippen molar-refractivity contribution in [2.75, 3.05) is 24.2 Å². The van der Waals surface area contributed by atoms with Crippen molar-refractivity contribution in [1.82, 2.24) is 9.97 Å². The van der Waals surface area contributed by atoms with E-state index >= 15 is 0 Å². The van der Waals surface area contributed by atoms with Crippen molar-refractivity contribution < 1.29 is 10.0 Å². The van der Waals surface area contributed by atoms with Gasteiger partial charge in [0.15, 0.2) is 0 Å². The number of nitro groups is 1. The van der Waals surface area contributed by atoms with Crippen LogP contribution in [0.15, 0.2) is 6.20 Å². The Labute approximate surface area is 103 Å². The van der Waals surface area contributed by atoms with Gasteiger partial charge in [-0.25, -0.2) is 4.98 Å². The van der Waals surface area contributed by atoms with Crippen LogP contribution in [0.4, 0.5) is 17.5 Å². The molecule has 98 valence electrons. The molecule has 1 fully saturated rings. The first-order valence-electron chi connectivity index (χ1n) is 5.68. The second kappa shape index (κ2) is 4.73. The number of hydrogen-bond donors (Lipinski definition) is 3. The third-order valence-electron chi connectivity index (χ3n) is 3.22. The number of hydrogen-bond acceptors (Lipinski definition) is 7. The fourth-order valence-electron chi connectivity index (χ4n) is 1.81. The van der Waals surface area contributed by atoms with Crippen LogP contribution in [-0.4, -0.2) is 33.1 Å². The van der Waals surface area contributed by atoms with Gasteiger partial charge in [-0.05, 0) is 24.7 Å². The van der Waals surface area contributed by atoms with E-state index in [1.54, 1.807) is 0 Å². The van der Waals surface area contributed by atoms with Gasteiger partial charge in [0.1, 0.15) is 6.20 Å². The third-order valence-corrected chi connectivity index (χ3v) is 3.22. The molecule has 0 radical (unpaired) electrons. The first-order chi connectivity index (χ1) is 8.56. The Morgan fingerprint density at radius 2 is 2.33 bits per heavy atom. The number of aliphatic hydroxyl groups excluding tert-OH is 1. The molecule has 18 heavy (non-hydrogen) atoms. The molecule has 2 rings (SSSR count). The number of nitrogens with two attached hydrogens (primary N) is 1. The number of anilines is 2. The Morgan fingerprint density at radius 3 is 2.83 bits per heavy atom. The summed E-state index contributed by atoms with van der Waals surface area (Å²) < 4.78 is 0. The highest BCUT2D eigenvalue weighted by atomic mass is 16.6. The highest BCUT2D eigenvalue weighted by molar-refractivity contribution is 5.53. The molecule has 1 heterocycles. The monoisotopic (exact) mass is 253 g/mol. The number of nitrogen functional groups attached to an aromatic ring is 1. The topological polar surface area (TPSA) is 127 Å². The first-order valence-corrected chi connectivity index (χ1v) is 5.68. The summed E-state index contributed by atoms with van der Waals surface area (Å²) in [6.07, 6.45) is 3.95. The van der Waals surface area contributed by atoms with Crippen molar-refractivity contribution in [1.29, 1.82) is 0 Å². The first kappa shape index (κ1) is 12.5. The van der Waals surface area contributed by atoms with E-state index in [0.29, 0.717) is 6.54 Å². The summed E-state index contributed by atoms with van der Waals surface area (Å²) in [5.74, 6) is 0.131. The average Bonchev–Trinajstić information content (AvgIpc) is 3.07. The number of rotatable bonds is 6. The van der Waals surface area contributed by atoms with Crippen LogP contribution < -0.4 is 11.1 Å². The van der Waals surface area contributed by atoms with Gasteiger partial charge in [-0.2, -0.15) is 4.98 Å². The second-order valence-electron chi connectivity index (χ2n) is 4.55. The molecule has 0 saturated heterocycles. The van der Waals surface area contributed by atoms with Crippen LogP contribution >= 0.6 is 0 Å². The lowest BCUT2D eigenvalue weighted by Crippen LogP contribution is -2.18. The fraction of sp³-hybridized carbons (Fsp3) is 0.600. The van der Waals surface area contributed by atoms with E-state index in [0.717, 1.165) is 25.5 Å². The van der Waals surface area contributed by atoms with E-state index in [4.69, 9.17) is 10.8 Å². The average molecular weight is 253 g/mol. The maximum Gasteiger partial charge on any atom is 0.329 e. The Bertz CT molecular complexity index is 461. The minimum absolute atomic E-state index is 0.120. The molecule has 0 amide bonds. The van der Waals surface area contributed by atoms with Gasteiger partial charge in [0, 0.05) is 13.2 Å². The van der Waals surface area contributed by atoms with Crippen molar-refractivity contribution >= 4 is 17.5 Å². The summed E-state index contributed by atoms with van der Waals surface area (Å²) in [6, 6.07) is 0. The predicted octanol–water partition coefficient (Wildman–Crippen LogP) is 0.541. The van der Waals surface area contributed by atoms with E-state index in [1.165, 1.54) is 0 Å². The maximum absolute atomic E-state index is 10.5. The van der Waals surface area contributed by atoms with Gasteiger partial charge in [0.25, 0.3) is 0 Å². The Balaban J connectivity index is 1.98. The number of aromatic nitrogens is 2. The van der Waals surface area contributed by atoms with E-state index in [1.807, 2.05) is 0 Å². The Morgan fingerprint density at radius 1 is 1.61 bits per heavy atom. The van der Waals surface area contributed by atoms with Gasteiger partial charge in [0.2, 0.25) is 11.8 Å². The van der Waals surface area contributed by atoms with Crippen molar-refractivity contribution in [3.63, 3.8) is 0 Å². The molecule has 8 heteroatoms. The van der Waals surface area contributed by atoms with Crippen LogP contribution in [0.3, 0.4) is 0 Å². The second-order valence-corrected chi connectivity index (χ2v) is 4.55. The zero-order valence-corrected chi connectivity index (χ0v) is 9.80. The minimum Gasteiger partial charge on any atom is -0.396 e. The van der Waals surface area contributed by atoms with Crippen LogP contribution in [0.5, 0.6) is 0 Å². The highest BCUT2D eigenvalue weighted by Crippen LogP contribution is 2.48. The van der Waals surface area contributed by atoms with Crippen molar-refractivity contribution in [2.45, 2.75) is 19.3 Å². The van der Waals surface area contributed by atoms with Crippen LogP contribution in [0.25, 0.3) is 0 Å². The Hall–Kier alpha value is -1.96. The largest absolute Gasteiger partial charge is 0.396 e. The molecule has 0 unspecified atom stereocenters. The zero-order chi connectivity index (χ0) is 13.2. The van der Waals surface area contributed by atoms with E-state index in [9.17, 15) is 10.1 Å². The molecule has 0 spiro atoms. The van der Waals surface area contributed by atoms with Crippen molar-refractivity contribution in [3.05, 3.63) is 16.3 Å². The number of aliphatic hydroxyl groups is 1. The summed E-state index contributed by atoms with van der Waals surface area (Å²) in [5.41, 5.74) is 5.29. The van der Waals surface area contributed by atoms with E-state index < -0.39 is 4.92 Å². The lowest BCUT2D eigenvalue weighted by molar-refractivity contribution is -0.384. The van der Waals surface area contributed by atoms with Gasteiger partial charge in [-0.15, -0.1) is 0 Å². The fourth-order valence-corrected chi connectivity index (χ4v) is 1.81. The molecule has 4 N–H and O–H groups in total. The smallest absolute Gasteiger partial charge is 0.329 e. The molecule has 1 aliphatic rings. The molecule has 1 aromatic heterocycles. The molecule has 1 saturated carbocycles. The van der Waals surface area contributed by atoms with E-state index in [-0.39, 0.29) is 29.5 Å². The predicted molar refractivity (Wildman–Crippen MR) is 65.0 cm³/mol. The molecule has 1 aliphatic carbocycles. The number of nitrogens with one attached hydrogen (secondary N) is 1. The van der Waals surface area contributed by atoms with Crippen LogP contribution in [-0.2, 0) is 0 Å². The lowest BCUT2D eigenvalue weighted by Gasteiger charge is -2.14. The van der Waals surface area contributed by atoms with Gasteiger partial charge in [-0.1, -0.05) is 0 Å². The minimum atomic E-state index is -0.618. The van der Waals surface area contributed by atoms with Gasteiger partial charge >= 0.3 is 5.69 Å². The molecule has 0 atom stereocenters. The van der Waals surface area contributed by atoms with Crippen LogP contribution in [0, 0.1) is 15.5 Å². The molecule has 1 aromatic rings. The quantitative estimate of drug-likeness (QED) is 0.498. The molecule has 0 aliphatic heterocycles. The Kier molecular flexibility index (Phi) is 3.28.